The van der Waals surface area contributed by atoms with Crippen molar-refractivity contribution >= 4 is 11.9 Å². The maximum atomic E-state index is 11.5. The van der Waals surface area contributed by atoms with Crippen molar-refractivity contribution < 1.29 is 9.21 Å². The Morgan fingerprint density at radius 2 is 2.53 bits per heavy atom. The molecule has 2 aromatic heterocycles. The Balaban J connectivity index is 2.13. The fourth-order valence-electron chi connectivity index (χ4n) is 1.08. The molecule has 7 nitrogen and oxygen atoms in total. The summed E-state index contributed by atoms with van der Waals surface area (Å²) in [7, 11) is 0. The zero-order valence-electron chi connectivity index (χ0n) is 8.04. The number of nitrogens with one attached hydrogen (secondary N) is 1. The first-order chi connectivity index (χ1) is 7.31. The van der Waals surface area contributed by atoms with Gasteiger partial charge in [-0.2, -0.15) is 0 Å². The second kappa shape index (κ2) is 3.91. The van der Waals surface area contributed by atoms with Crippen LogP contribution in [-0.4, -0.2) is 26.1 Å². The molecule has 0 spiro atoms. The minimum Gasteiger partial charge on any atom is -0.459 e. The minimum atomic E-state index is -0.371. The lowest BCUT2D eigenvalue weighted by molar-refractivity contribution is 0.0995. The molecule has 0 radical (unpaired) electrons. The third-order valence-electron chi connectivity index (χ3n) is 1.80. The Morgan fingerprint density at radius 1 is 1.67 bits per heavy atom. The van der Waals surface area contributed by atoms with E-state index in [0.29, 0.717) is 12.5 Å². The van der Waals surface area contributed by atoms with Crippen LogP contribution >= 0.6 is 0 Å². The lowest BCUT2D eigenvalue weighted by Crippen LogP contribution is -2.15. The molecule has 0 aliphatic heterocycles. The van der Waals surface area contributed by atoms with Crippen molar-refractivity contribution in [3.63, 3.8) is 0 Å². The Morgan fingerprint density at radius 3 is 3.20 bits per heavy atom. The highest BCUT2D eigenvalue weighted by Crippen LogP contribution is 2.05. The summed E-state index contributed by atoms with van der Waals surface area (Å²) in [5, 5.41) is 13.3. The number of anilines is 1. The van der Waals surface area contributed by atoms with Crippen LogP contribution in [0.2, 0.25) is 0 Å². The standard InChI is InChI=1S/C8H9N5O2/c1-2-13-8(10-11-12-13)9-7(14)6-4-3-5-15-6/h3-5H,2H2,1H3,(H,9,10,12,14). The number of carbonyl (C=O) groups excluding carboxylic acids is 1. The molecule has 2 aromatic rings. The van der Waals surface area contributed by atoms with Crippen LogP contribution in [0.3, 0.4) is 0 Å². The van der Waals surface area contributed by atoms with Crippen LogP contribution in [0.5, 0.6) is 0 Å². The molecule has 2 rings (SSSR count). The molecule has 1 amide bonds. The quantitative estimate of drug-likeness (QED) is 0.793. The molecule has 7 heteroatoms. The van der Waals surface area contributed by atoms with Crippen LogP contribution in [0.4, 0.5) is 5.95 Å². The molecule has 0 unspecified atom stereocenters. The van der Waals surface area contributed by atoms with Gasteiger partial charge in [0.2, 0.25) is 5.95 Å². The third-order valence-corrected chi connectivity index (χ3v) is 1.80. The average molecular weight is 207 g/mol. The molecule has 0 fully saturated rings. The van der Waals surface area contributed by atoms with Gasteiger partial charge in [-0.1, -0.05) is 5.10 Å². The van der Waals surface area contributed by atoms with Crippen molar-refractivity contribution in [1.29, 1.82) is 0 Å². The lowest BCUT2D eigenvalue weighted by atomic mass is 10.4. The molecule has 0 atom stereocenters. The molecule has 0 aliphatic carbocycles. The number of amides is 1. The van der Waals surface area contributed by atoms with Crippen molar-refractivity contribution in [3.05, 3.63) is 24.2 Å². The second-order valence-corrected chi connectivity index (χ2v) is 2.75. The van der Waals surface area contributed by atoms with Gasteiger partial charge in [-0.25, -0.2) is 4.68 Å². The topological polar surface area (TPSA) is 85.8 Å². The summed E-state index contributed by atoms with van der Waals surface area (Å²) in [5.41, 5.74) is 0. The highest BCUT2D eigenvalue weighted by molar-refractivity contribution is 6.01. The van der Waals surface area contributed by atoms with Crippen molar-refractivity contribution in [2.45, 2.75) is 13.5 Å². The van der Waals surface area contributed by atoms with Crippen LogP contribution < -0.4 is 5.32 Å². The number of aryl methyl sites for hydroxylation is 1. The van der Waals surface area contributed by atoms with E-state index in [1.807, 2.05) is 6.92 Å². The van der Waals surface area contributed by atoms with Crippen LogP contribution in [0, 0.1) is 0 Å². The normalized spacial score (nSPS) is 10.2. The SMILES string of the molecule is CCn1nnnc1NC(=O)c1ccco1. The van der Waals surface area contributed by atoms with E-state index in [4.69, 9.17) is 4.42 Å². The highest BCUT2D eigenvalue weighted by Gasteiger charge is 2.12. The summed E-state index contributed by atoms with van der Waals surface area (Å²) >= 11 is 0. The third kappa shape index (κ3) is 1.85. The Labute approximate surface area is 85.1 Å². The summed E-state index contributed by atoms with van der Waals surface area (Å²) in [6, 6.07) is 3.20. The fourth-order valence-corrected chi connectivity index (χ4v) is 1.08. The largest absolute Gasteiger partial charge is 0.459 e. The number of hydrogen-bond donors (Lipinski definition) is 1. The van der Waals surface area contributed by atoms with Crippen LogP contribution in [0.25, 0.3) is 0 Å². The van der Waals surface area contributed by atoms with Gasteiger partial charge in [0.05, 0.1) is 6.26 Å². The molecule has 2 heterocycles. The molecule has 0 aromatic carbocycles. The van der Waals surface area contributed by atoms with Gasteiger partial charge < -0.3 is 4.42 Å². The minimum absolute atomic E-state index is 0.223. The number of furan rings is 1. The molecule has 15 heavy (non-hydrogen) atoms. The maximum absolute atomic E-state index is 11.5. The number of carbonyl (C=O) groups is 1. The molecule has 0 saturated heterocycles. The summed E-state index contributed by atoms with van der Waals surface area (Å²) < 4.78 is 6.40. The van der Waals surface area contributed by atoms with Crippen molar-refractivity contribution in [2.24, 2.45) is 0 Å². The Bertz CT molecular complexity index is 447. The number of hydrogen-bond acceptors (Lipinski definition) is 5. The van der Waals surface area contributed by atoms with Crippen LogP contribution in [0.15, 0.2) is 22.8 Å². The van der Waals surface area contributed by atoms with E-state index < -0.39 is 0 Å². The predicted octanol–water partition coefficient (Wildman–Crippen LogP) is 0.538. The summed E-state index contributed by atoms with van der Waals surface area (Å²) in [6.07, 6.45) is 1.43. The smallest absolute Gasteiger partial charge is 0.293 e. The van der Waals surface area contributed by atoms with Gasteiger partial charge in [-0.15, -0.1) is 0 Å². The van der Waals surface area contributed by atoms with Gasteiger partial charge in [0.25, 0.3) is 5.91 Å². The van der Waals surface area contributed by atoms with Crippen molar-refractivity contribution in [3.8, 4) is 0 Å². The number of aromatic nitrogens is 4. The highest BCUT2D eigenvalue weighted by atomic mass is 16.3. The van der Waals surface area contributed by atoms with E-state index in [0.717, 1.165) is 0 Å². The van der Waals surface area contributed by atoms with Crippen molar-refractivity contribution in [1.82, 2.24) is 20.2 Å². The predicted molar refractivity (Wildman–Crippen MR) is 50.2 cm³/mol. The Hall–Kier alpha value is -2.18. The number of nitrogens with zero attached hydrogens (tertiary/aromatic N) is 4. The van der Waals surface area contributed by atoms with E-state index in [2.05, 4.69) is 20.8 Å². The van der Waals surface area contributed by atoms with E-state index in [1.54, 1.807) is 12.1 Å². The second-order valence-electron chi connectivity index (χ2n) is 2.75. The first-order valence-electron chi connectivity index (χ1n) is 4.42. The first-order valence-corrected chi connectivity index (χ1v) is 4.42. The van der Waals surface area contributed by atoms with E-state index in [-0.39, 0.29) is 11.7 Å². The fraction of sp³-hybridized carbons (Fsp3) is 0.250. The van der Waals surface area contributed by atoms with Gasteiger partial charge >= 0.3 is 0 Å². The van der Waals surface area contributed by atoms with Crippen LogP contribution in [-0.2, 0) is 6.54 Å². The van der Waals surface area contributed by atoms with Crippen LogP contribution in [0.1, 0.15) is 17.5 Å². The van der Waals surface area contributed by atoms with Gasteiger partial charge in [0, 0.05) is 6.54 Å². The molecule has 0 bridgehead atoms. The molecular formula is C8H9N5O2. The summed E-state index contributed by atoms with van der Waals surface area (Å²) in [4.78, 5) is 11.5. The maximum Gasteiger partial charge on any atom is 0.293 e. The molecule has 0 saturated carbocycles. The molecule has 1 N–H and O–H groups in total. The summed E-state index contributed by atoms with van der Waals surface area (Å²) in [6.45, 7) is 2.46. The average Bonchev–Trinajstić information content (AvgIpc) is 2.87. The zero-order chi connectivity index (χ0) is 10.7. The monoisotopic (exact) mass is 207 g/mol. The molecular weight excluding hydrogens is 198 g/mol. The lowest BCUT2D eigenvalue weighted by Gasteiger charge is -2.01. The van der Waals surface area contributed by atoms with Gasteiger partial charge in [-0.05, 0) is 29.5 Å². The van der Waals surface area contributed by atoms with E-state index in [9.17, 15) is 4.79 Å². The van der Waals surface area contributed by atoms with Gasteiger partial charge in [0.15, 0.2) is 5.76 Å². The summed E-state index contributed by atoms with van der Waals surface area (Å²) in [5.74, 6) is 0.157. The molecule has 0 aliphatic rings. The van der Waals surface area contributed by atoms with E-state index >= 15 is 0 Å². The van der Waals surface area contributed by atoms with E-state index in [1.165, 1.54) is 10.9 Å². The van der Waals surface area contributed by atoms with Gasteiger partial charge in [-0.3, -0.25) is 10.1 Å². The zero-order valence-corrected chi connectivity index (χ0v) is 8.04. The first kappa shape index (κ1) is 9.38. The Kier molecular flexibility index (Phi) is 2.44. The van der Waals surface area contributed by atoms with Crippen molar-refractivity contribution in [2.75, 3.05) is 5.32 Å². The number of tetrazole rings is 1. The van der Waals surface area contributed by atoms with Gasteiger partial charge in [0.1, 0.15) is 0 Å². The number of rotatable bonds is 3. The molecule has 78 valence electrons.